The van der Waals surface area contributed by atoms with Gasteiger partial charge in [-0.05, 0) is 48.9 Å². The molecule has 2 N–H and O–H groups in total. The van der Waals surface area contributed by atoms with Crippen molar-refractivity contribution in [3.63, 3.8) is 0 Å². The normalized spacial score (nSPS) is 10.7. The zero-order chi connectivity index (χ0) is 24.9. The third kappa shape index (κ3) is 5.53. The van der Waals surface area contributed by atoms with Gasteiger partial charge in [0.25, 0.3) is 0 Å². The van der Waals surface area contributed by atoms with Crippen LogP contribution in [0.5, 0.6) is 11.6 Å². The zero-order valence-corrected chi connectivity index (χ0v) is 19.1. The van der Waals surface area contributed by atoms with Crippen LogP contribution in [-0.4, -0.2) is 35.2 Å². The molecule has 4 rings (SSSR count). The van der Waals surface area contributed by atoms with Gasteiger partial charge in [0.1, 0.15) is 5.75 Å². The molecule has 2 aromatic carbocycles. The number of nitrogens with one attached hydrogen (secondary N) is 1. The van der Waals surface area contributed by atoms with Crippen LogP contribution >= 0.6 is 11.6 Å². The molecule has 0 spiro atoms. The Hall–Kier alpha value is -4.51. The topological polar surface area (TPSA) is 141 Å². The highest BCUT2D eigenvalue weighted by molar-refractivity contribution is 6.30. The van der Waals surface area contributed by atoms with E-state index in [0.29, 0.717) is 16.5 Å². The summed E-state index contributed by atoms with van der Waals surface area (Å²) in [5.74, 6) is -0.559. The summed E-state index contributed by atoms with van der Waals surface area (Å²) in [5.41, 5.74) is 0.0134. The van der Waals surface area contributed by atoms with Crippen molar-refractivity contribution in [1.29, 1.82) is 0 Å². The molecule has 0 amide bonds. The minimum Gasteiger partial charge on any atom is -0.476 e. The molecule has 12 heteroatoms. The lowest BCUT2D eigenvalue weighted by molar-refractivity contribution is 0.0690. The summed E-state index contributed by atoms with van der Waals surface area (Å²) in [6.45, 7) is 2.06. The molecular formula is C23H19ClN6O5. The summed E-state index contributed by atoms with van der Waals surface area (Å²) >= 11 is 5.96. The van der Waals surface area contributed by atoms with Crippen LogP contribution in [0.25, 0.3) is 0 Å². The molecule has 0 aliphatic heterocycles. The second-order valence-corrected chi connectivity index (χ2v) is 7.69. The van der Waals surface area contributed by atoms with Gasteiger partial charge in [0.15, 0.2) is 5.69 Å². The Morgan fingerprint density at radius 2 is 1.74 bits per heavy atom. The predicted molar refractivity (Wildman–Crippen MR) is 128 cm³/mol. The summed E-state index contributed by atoms with van der Waals surface area (Å²) < 4.78 is 7.99. The van der Waals surface area contributed by atoms with E-state index in [4.69, 9.17) is 21.4 Å². The van der Waals surface area contributed by atoms with Crippen LogP contribution in [-0.2, 0) is 13.1 Å². The van der Waals surface area contributed by atoms with Crippen LogP contribution in [0, 0.1) is 0 Å². The Bertz CT molecular complexity index is 1470. The van der Waals surface area contributed by atoms with Gasteiger partial charge in [0.05, 0.1) is 18.9 Å². The van der Waals surface area contributed by atoms with Gasteiger partial charge in [-0.3, -0.25) is 4.57 Å². The molecule has 0 unspecified atom stereocenters. The van der Waals surface area contributed by atoms with E-state index in [1.807, 2.05) is 0 Å². The number of anilines is 2. The minimum atomic E-state index is -1.19. The van der Waals surface area contributed by atoms with Gasteiger partial charge in [-0.1, -0.05) is 23.7 Å². The molecule has 0 fully saturated rings. The molecule has 11 nitrogen and oxygen atoms in total. The SMILES string of the molecule is CCn1c(=O)nc(Nc2ccc(Oc3cnc(C(=O)O)cn3)cc2)n(Cc2ccc(Cl)cc2)c1=O. The minimum absolute atomic E-state index is 0.0865. The maximum absolute atomic E-state index is 13.0. The number of hydrogen-bond acceptors (Lipinski definition) is 8. The largest absolute Gasteiger partial charge is 0.476 e. The summed E-state index contributed by atoms with van der Waals surface area (Å²) in [5, 5.41) is 12.5. The summed E-state index contributed by atoms with van der Waals surface area (Å²) in [6, 6.07) is 13.6. The second-order valence-electron chi connectivity index (χ2n) is 7.25. The Kier molecular flexibility index (Phi) is 6.88. The molecular weight excluding hydrogens is 476 g/mol. The highest BCUT2D eigenvalue weighted by Gasteiger charge is 2.14. The average Bonchev–Trinajstić information content (AvgIpc) is 2.84. The van der Waals surface area contributed by atoms with E-state index >= 15 is 0 Å². The van der Waals surface area contributed by atoms with E-state index < -0.39 is 17.3 Å². The number of carboxylic acid groups (broad SMARTS) is 1. The van der Waals surface area contributed by atoms with Crippen LogP contribution in [0.2, 0.25) is 5.02 Å². The van der Waals surface area contributed by atoms with E-state index in [-0.39, 0.29) is 30.6 Å². The molecule has 0 aliphatic carbocycles. The van der Waals surface area contributed by atoms with Gasteiger partial charge < -0.3 is 15.2 Å². The average molecular weight is 495 g/mol. The monoisotopic (exact) mass is 494 g/mol. The van der Waals surface area contributed by atoms with Gasteiger partial charge >= 0.3 is 17.3 Å². The molecule has 4 aromatic rings. The van der Waals surface area contributed by atoms with Crippen molar-refractivity contribution in [1.82, 2.24) is 24.1 Å². The van der Waals surface area contributed by atoms with E-state index in [0.717, 1.165) is 16.3 Å². The van der Waals surface area contributed by atoms with Crippen molar-refractivity contribution in [2.45, 2.75) is 20.0 Å². The van der Waals surface area contributed by atoms with Crippen molar-refractivity contribution < 1.29 is 14.6 Å². The second kappa shape index (κ2) is 10.2. The lowest BCUT2D eigenvalue weighted by atomic mass is 10.2. The molecule has 0 saturated carbocycles. The van der Waals surface area contributed by atoms with Crippen molar-refractivity contribution in [3.8, 4) is 11.6 Å². The van der Waals surface area contributed by atoms with Crippen LogP contribution in [0.3, 0.4) is 0 Å². The van der Waals surface area contributed by atoms with Gasteiger partial charge in [0, 0.05) is 17.3 Å². The molecule has 2 aromatic heterocycles. The Labute approximate surface area is 203 Å². The van der Waals surface area contributed by atoms with Crippen LogP contribution in [0.15, 0.2) is 70.5 Å². The number of benzene rings is 2. The first-order valence-electron chi connectivity index (χ1n) is 10.4. The van der Waals surface area contributed by atoms with E-state index in [1.165, 1.54) is 10.8 Å². The number of ether oxygens (including phenoxy) is 1. The molecule has 0 saturated heterocycles. The molecule has 0 bridgehead atoms. The molecule has 178 valence electrons. The number of hydrogen-bond donors (Lipinski definition) is 2. The van der Waals surface area contributed by atoms with Gasteiger partial charge in [-0.25, -0.2) is 28.9 Å². The fourth-order valence-electron chi connectivity index (χ4n) is 3.15. The van der Waals surface area contributed by atoms with E-state index in [9.17, 15) is 14.4 Å². The van der Waals surface area contributed by atoms with Crippen molar-refractivity contribution in [2.24, 2.45) is 0 Å². The third-order valence-electron chi connectivity index (χ3n) is 4.90. The lowest BCUT2D eigenvalue weighted by Crippen LogP contribution is -2.42. The van der Waals surface area contributed by atoms with Gasteiger partial charge in [-0.2, -0.15) is 4.98 Å². The van der Waals surface area contributed by atoms with Crippen molar-refractivity contribution in [3.05, 3.63) is 98.2 Å². The molecule has 0 atom stereocenters. The Morgan fingerprint density at radius 1 is 1.03 bits per heavy atom. The first kappa shape index (κ1) is 23.6. The van der Waals surface area contributed by atoms with Crippen molar-refractivity contribution in [2.75, 3.05) is 5.32 Å². The number of carboxylic acids is 1. The van der Waals surface area contributed by atoms with Crippen LogP contribution < -0.4 is 21.4 Å². The number of halogens is 1. The fourth-order valence-corrected chi connectivity index (χ4v) is 3.27. The van der Waals surface area contributed by atoms with Gasteiger partial charge in [-0.15, -0.1) is 0 Å². The first-order valence-corrected chi connectivity index (χ1v) is 10.8. The maximum Gasteiger partial charge on any atom is 0.356 e. The summed E-state index contributed by atoms with van der Waals surface area (Å²) in [6.07, 6.45) is 2.30. The van der Waals surface area contributed by atoms with Crippen molar-refractivity contribution >= 4 is 29.2 Å². The van der Waals surface area contributed by atoms with Crippen LogP contribution in [0.1, 0.15) is 23.0 Å². The highest BCUT2D eigenvalue weighted by Crippen LogP contribution is 2.22. The van der Waals surface area contributed by atoms with Gasteiger partial charge in [0.2, 0.25) is 11.8 Å². The number of aromatic nitrogens is 5. The fraction of sp³-hybridized carbons (Fsp3) is 0.130. The molecule has 2 heterocycles. The Balaban J connectivity index is 1.58. The lowest BCUT2D eigenvalue weighted by Gasteiger charge is -2.15. The number of rotatable bonds is 8. The van der Waals surface area contributed by atoms with E-state index in [1.54, 1.807) is 55.5 Å². The predicted octanol–water partition coefficient (Wildman–Crippen LogP) is 3.15. The van der Waals surface area contributed by atoms with E-state index in [2.05, 4.69) is 20.3 Å². The smallest absolute Gasteiger partial charge is 0.356 e. The summed E-state index contributed by atoms with van der Waals surface area (Å²) in [7, 11) is 0. The quantitative estimate of drug-likeness (QED) is 0.377. The first-order chi connectivity index (χ1) is 16.8. The van der Waals surface area contributed by atoms with Crippen LogP contribution in [0.4, 0.5) is 11.6 Å². The number of aromatic carboxylic acids is 1. The Morgan fingerprint density at radius 3 is 2.34 bits per heavy atom. The third-order valence-corrected chi connectivity index (χ3v) is 5.15. The standard InChI is InChI=1S/C23H19ClN6O5/c1-2-29-22(33)28-21(30(23(29)34)13-14-3-5-15(24)6-4-14)27-16-7-9-17(10-8-16)35-19-12-25-18(11-26-19)20(31)32/h3-12H,2,13H2,1H3,(H,31,32)(H,27,28,33). The highest BCUT2D eigenvalue weighted by atomic mass is 35.5. The number of carbonyl (C=O) groups is 1. The molecule has 0 aliphatic rings. The molecule has 35 heavy (non-hydrogen) atoms. The number of nitrogens with zero attached hydrogens (tertiary/aromatic N) is 5. The molecule has 0 radical (unpaired) electrons. The zero-order valence-electron chi connectivity index (χ0n) is 18.4. The maximum atomic E-state index is 13.0. The summed E-state index contributed by atoms with van der Waals surface area (Å²) in [4.78, 5) is 47.9.